The van der Waals surface area contributed by atoms with Crippen molar-refractivity contribution in [2.45, 2.75) is 83.9 Å². The second kappa shape index (κ2) is 11.6. The molecule has 1 fully saturated rings. The summed E-state index contributed by atoms with van der Waals surface area (Å²) in [5, 5.41) is 5.95. The van der Waals surface area contributed by atoms with Gasteiger partial charge in [0.2, 0.25) is 5.91 Å². The molecule has 2 amide bonds. The summed E-state index contributed by atoms with van der Waals surface area (Å²) in [5.41, 5.74) is 0.923. The van der Waals surface area contributed by atoms with Gasteiger partial charge in [-0.2, -0.15) is 0 Å². The number of rotatable bonds is 7. The second-order valence-corrected chi connectivity index (χ2v) is 7.62. The fourth-order valence-corrected chi connectivity index (χ4v) is 3.49. The third-order valence-electron chi connectivity index (χ3n) is 5.43. The highest BCUT2D eigenvalue weighted by atomic mass is 16.5. The van der Waals surface area contributed by atoms with E-state index in [1.165, 1.54) is 19.3 Å². The summed E-state index contributed by atoms with van der Waals surface area (Å²) in [7, 11) is 0. The molecule has 1 aliphatic carbocycles. The molecule has 5 nitrogen and oxygen atoms in total. The van der Waals surface area contributed by atoms with Gasteiger partial charge in [-0.25, -0.2) is 4.79 Å². The van der Waals surface area contributed by atoms with Crippen LogP contribution in [0.4, 0.5) is 4.79 Å². The Labute approximate surface area is 163 Å². The average Bonchev–Trinajstić information content (AvgIpc) is 2.66. The van der Waals surface area contributed by atoms with Gasteiger partial charge in [-0.3, -0.25) is 4.79 Å². The van der Waals surface area contributed by atoms with E-state index < -0.39 is 12.1 Å². The fourth-order valence-electron chi connectivity index (χ4n) is 3.49. The van der Waals surface area contributed by atoms with Crippen molar-refractivity contribution in [1.29, 1.82) is 0 Å². The SMILES string of the molecule is CC[C@H](C)[C@H](NC(=O)OCc1ccccc1)C(=O)NC1CCCCCCC1. The number of alkyl carbamates (subject to hydrolysis) is 1. The molecule has 1 saturated carbocycles. The van der Waals surface area contributed by atoms with Crippen LogP contribution < -0.4 is 10.6 Å². The third-order valence-corrected chi connectivity index (χ3v) is 5.43. The standard InChI is InChI=1S/C22H34N2O3/c1-3-17(2)20(21(25)23-19-14-10-5-4-6-11-15-19)24-22(26)27-16-18-12-8-7-9-13-18/h7-9,12-13,17,19-20H,3-6,10-11,14-16H2,1-2H3,(H,23,25)(H,24,26)/t17-,20-/m0/s1. The highest BCUT2D eigenvalue weighted by Gasteiger charge is 2.28. The molecular formula is C22H34N2O3. The maximum atomic E-state index is 12.8. The predicted octanol–water partition coefficient (Wildman–Crippen LogP) is 4.56. The van der Waals surface area contributed by atoms with Gasteiger partial charge in [0.15, 0.2) is 0 Å². The summed E-state index contributed by atoms with van der Waals surface area (Å²) in [6.45, 7) is 4.21. The molecule has 1 aromatic carbocycles. The molecule has 5 heteroatoms. The lowest BCUT2D eigenvalue weighted by molar-refractivity contribution is -0.125. The topological polar surface area (TPSA) is 67.4 Å². The van der Waals surface area contributed by atoms with Crippen LogP contribution in [-0.2, 0) is 16.1 Å². The zero-order valence-corrected chi connectivity index (χ0v) is 16.7. The van der Waals surface area contributed by atoms with E-state index in [0.717, 1.165) is 37.7 Å². The molecule has 27 heavy (non-hydrogen) atoms. The van der Waals surface area contributed by atoms with Gasteiger partial charge in [-0.1, -0.05) is 82.7 Å². The van der Waals surface area contributed by atoms with E-state index >= 15 is 0 Å². The van der Waals surface area contributed by atoms with Crippen LogP contribution in [0.15, 0.2) is 30.3 Å². The number of carbonyl (C=O) groups excluding carboxylic acids is 2. The first-order chi connectivity index (χ1) is 13.1. The van der Waals surface area contributed by atoms with Crippen LogP contribution in [0, 0.1) is 5.92 Å². The number of nitrogens with one attached hydrogen (secondary N) is 2. The third kappa shape index (κ3) is 7.61. The van der Waals surface area contributed by atoms with Crippen molar-refractivity contribution in [2.24, 2.45) is 5.92 Å². The van der Waals surface area contributed by atoms with Gasteiger partial charge >= 0.3 is 6.09 Å². The number of hydrogen-bond acceptors (Lipinski definition) is 3. The normalized spacial score (nSPS) is 17.9. The van der Waals surface area contributed by atoms with E-state index in [1.54, 1.807) is 0 Å². The molecule has 1 aromatic rings. The zero-order valence-electron chi connectivity index (χ0n) is 16.7. The lowest BCUT2D eigenvalue weighted by Crippen LogP contribution is -2.52. The Bertz CT molecular complexity index is 568. The monoisotopic (exact) mass is 374 g/mol. The average molecular weight is 375 g/mol. The molecule has 0 radical (unpaired) electrons. The number of amides is 2. The number of ether oxygens (including phenoxy) is 1. The van der Waals surface area contributed by atoms with Gasteiger partial charge in [0.1, 0.15) is 12.6 Å². The van der Waals surface area contributed by atoms with Gasteiger partial charge < -0.3 is 15.4 Å². The highest BCUT2D eigenvalue weighted by Crippen LogP contribution is 2.18. The minimum Gasteiger partial charge on any atom is -0.445 e. The molecule has 0 spiro atoms. The smallest absolute Gasteiger partial charge is 0.408 e. The molecule has 1 aliphatic rings. The maximum absolute atomic E-state index is 12.8. The Hall–Kier alpha value is -2.04. The van der Waals surface area contributed by atoms with Crippen LogP contribution in [0.5, 0.6) is 0 Å². The van der Waals surface area contributed by atoms with E-state index in [0.29, 0.717) is 0 Å². The first-order valence-corrected chi connectivity index (χ1v) is 10.4. The molecule has 0 saturated heterocycles. The summed E-state index contributed by atoms with van der Waals surface area (Å²) in [6, 6.07) is 9.18. The van der Waals surface area contributed by atoms with Gasteiger partial charge in [-0.05, 0) is 24.3 Å². The minimum atomic E-state index is -0.566. The summed E-state index contributed by atoms with van der Waals surface area (Å²) in [4.78, 5) is 25.1. The van der Waals surface area contributed by atoms with Crippen LogP contribution in [-0.4, -0.2) is 24.1 Å². The molecule has 2 N–H and O–H groups in total. The molecule has 0 heterocycles. The van der Waals surface area contributed by atoms with E-state index in [-0.39, 0.29) is 24.5 Å². The Kier molecular flexibility index (Phi) is 9.16. The van der Waals surface area contributed by atoms with E-state index in [1.807, 2.05) is 44.2 Å². The second-order valence-electron chi connectivity index (χ2n) is 7.62. The highest BCUT2D eigenvalue weighted by molar-refractivity contribution is 5.86. The Morgan fingerprint density at radius 3 is 2.33 bits per heavy atom. The van der Waals surface area contributed by atoms with Crippen molar-refractivity contribution in [1.82, 2.24) is 10.6 Å². The van der Waals surface area contributed by atoms with Crippen molar-refractivity contribution in [2.75, 3.05) is 0 Å². The van der Waals surface area contributed by atoms with Gasteiger partial charge in [0.25, 0.3) is 0 Å². The van der Waals surface area contributed by atoms with Crippen molar-refractivity contribution in [3.63, 3.8) is 0 Å². The van der Waals surface area contributed by atoms with Crippen LogP contribution >= 0.6 is 0 Å². The Morgan fingerprint density at radius 1 is 1.07 bits per heavy atom. The minimum absolute atomic E-state index is 0.0443. The molecule has 0 bridgehead atoms. The summed E-state index contributed by atoms with van der Waals surface area (Å²) in [6.07, 6.45) is 8.41. The maximum Gasteiger partial charge on any atom is 0.408 e. The Morgan fingerprint density at radius 2 is 1.70 bits per heavy atom. The lowest BCUT2D eigenvalue weighted by atomic mass is 9.94. The van der Waals surface area contributed by atoms with Crippen LogP contribution in [0.3, 0.4) is 0 Å². The molecular weight excluding hydrogens is 340 g/mol. The van der Waals surface area contributed by atoms with E-state index in [9.17, 15) is 9.59 Å². The summed E-state index contributed by atoms with van der Waals surface area (Å²) < 4.78 is 5.30. The number of carbonyl (C=O) groups is 2. The van der Waals surface area contributed by atoms with Crippen LogP contribution in [0.1, 0.15) is 70.8 Å². The lowest BCUT2D eigenvalue weighted by Gasteiger charge is -2.27. The van der Waals surface area contributed by atoms with Gasteiger partial charge in [-0.15, -0.1) is 0 Å². The van der Waals surface area contributed by atoms with E-state index in [4.69, 9.17) is 4.74 Å². The first kappa shape index (κ1) is 21.3. The largest absolute Gasteiger partial charge is 0.445 e. The molecule has 0 unspecified atom stereocenters. The summed E-state index contributed by atoms with van der Waals surface area (Å²) >= 11 is 0. The molecule has 150 valence electrons. The first-order valence-electron chi connectivity index (χ1n) is 10.4. The van der Waals surface area contributed by atoms with Crippen molar-refractivity contribution >= 4 is 12.0 Å². The van der Waals surface area contributed by atoms with E-state index in [2.05, 4.69) is 10.6 Å². The van der Waals surface area contributed by atoms with Crippen molar-refractivity contribution in [3.8, 4) is 0 Å². The fraction of sp³-hybridized carbons (Fsp3) is 0.636. The van der Waals surface area contributed by atoms with Crippen LogP contribution in [0.25, 0.3) is 0 Å². The predicted molar refractivity (Wildman–Crippen MR) is 107 cm³/mol. The van der Waals surface area contributed by atoms with Crippen LogP contribution in [0.2, 0.25) is 0 Å². The van der Waals surface area contributed by atoms with Gasteiger partial charge in [0.05, 0.1) is 0 Å². The van der Waals surface area contributed by atoms with Crippen molar-refractivity contribution in [3.05, 3.63) is 35.9 Å². The molecule has 2 rings (SSSR count). The number of benzene rings is 1. The van der Waals surface area contributed by atoms with Gasteiger partial charge in [0, 0.05) is 6.04 Å². The van der Waals surface area contributed by atoms with Crippen molar-refractivity contribution < 1.29 is 14.3 Å². The zero-order chi connectivity index (χ0) is 19.5. The molecule has 0 aromatic heterocycles. The number of hydrogen-bond donors (Lipinski definition) is 2. The summed E-state index contributed by atoms with van der Waals surface area (Å²) in [5.74, 6) is -0.0468. The Balaban J connectivity index is 1.88. The quantitative estimate of drug-likeness (QED) is 0.735. The molecule has 0 aliphatic heterocycles. The molecule has 2 atom stereocenters.